The van der Waals surface area contributed by atoms with Crippen LogP contribution in [0.15, 0.2) is 30.3 Å². The Bertz CT molecular complexity index is 539. The average molecular weight is 246 g/mol. The van der Waals surface area contributed by atoms with Gasteiger partial charge in [-0.05, 0) is 43.2 Å². The second-order valence-corrected chi connectivity index (χ2v) is 4.22. The van der Waals surface area contributed by atoms with Gasteiger partial charge in [0.15, 0.2) is 0 Å². The van der Waals surface area contributed by atoms with Gasteiger partial charge in [0.05, 0.1) is 6.04 Å². The number of anilines is 2. The van der Waals surface area contributed by atoms with Gasteiger partial charge in [0.2, 0.25) is 0 Å². The summed E-state index contributed by atoms with van der Waals surface area (Å²) in [5, 5.41) is 10.8. The molecule has 2 aromatic rings. The molecule has 0 aliphatic carbocycles. The van der Waals surface area contributed by atoms with Gasteiger partial charge >= 0.3 is 0 Å². The Labute approximate surface area is 105 Å². The molecular weight excluding hydrogens is 231 g/mol. The minimum absolute atomic E-state index is 0.0574. The molecule has 3 N–H and O–H groups in total. The van der Waals surface area contributed by atoms with Gasteiger partial charge < -0.3 is 11.1 Å². The van der Waals surface area contributed by atoms with Crippen LogP contribution in [0.2, 0.25) is 0 Å². The lowest BCUT2D eigenvalue weighted by Gasteiger charge is -2.15. The van der Waals surface area contributed by atoms with Crippen LogP contribution in [0.25, 0.3) is 0 Å². The number of aryl methyl sites for hydroxylation is 1. The van der Waals surface area contributed by atoms with E-state index in [1.54, 1.807) is 25.1 Å². The van der Waals surface area contributed by atoms with Gasteiger partial charge in [-0.3, -0.25) is 0 Å². The summed E-state index contributed by atoms with van der Waals surface area (Å²) in [4.78, 5) is 0. The average Bonchev–Trinajstić information content (AvgIpc) is 2.35. The number of nitrogens with one attached hydrogen (secondary N) is 1. The second kappa shape index (κ2) is 5.00. The van der Waals surface area contributed by atoms with E-state index < -0.39 is 0 Å². The molecule has 2 rings (SSSR count). The molecule has 4 nitrogen and oxygen atoms in total. The number of nitrogen functional groups attached to an aromatic ring is 1. The summed E-state index contributed by atoms with van der Waals surface area (Å²) in [5.41, 5.74) is 6.95. The summed E-state index contributed by atoms with van der Waals surface area (Å²) in [6.07, 6.45) is 0. The van der Waals surface area contributed by atoms with Crippen LogP contribution in [0.4, 0.5) is 16.0 Å². The molecule has 0 aliphatic rings. The monoisotopic (exact) mass is 246 g/mol. The van der Waals surface area contributed by atoms with Crippen LogP contribution >= 0.6 is 0 Å². The number of benzene rings is 1. The summed E-state index contributed by atoms with van der Waals surface area (Å²) in [5.74, 6) is 0.775. The molecular formula is C13H15FN4. The molecule has 5 heteroatoms. The van der Waals surface area contributed by atoms with Gasteiger partial charge in [-0.2, -0.15) is 0 Å². The molecule has 94 valence electrons. The SMILES string of the molecule is Cc1ccc(C(C)Nc2ccc(N)nn2)cc1F. The molecule has 18 heavy (non-hydrogen) atoms. The third kappa shape index (κ3) is 2.74. The van der Waals surface area contributed by atoms with Crippen molar-refractivity contribution in [2.45, 2.75) is 19.9 Å². The van der Waals surface area contributed by atoms with Crippen molar-refractivity contribution >= 4 is 11.6 Å². The zero-order valence-electron chi connectivity index (χ0n) is 10.3. The van der Waals surface area contributed by atoms with Crippen molar-refractivity contribution in [3.8, 4) is 0 Å². The van der Waals surface area contributed by atoms with E-state index in [1.807, 2.05) is 13.0 Å². The van der Waals surface area contributed by atoms with E-state index >= 15 is 0 Å². The zero-order valence-corrected chi connectivity index (χ0v) is 10.3. The van der Waals surface area contributed by atoms with Crippen molar-refractivity contribution in [2.75, 3.05) is 11.1 Å². The number of rotatable bonds is 3. The first-order valence-corrected chi connectivity index (χ1v) is 5.68. The highest BCUT2D eigenvalue weighted by Gasteiger charge is 2.08. The summed E-state index contributed by atoms with van der Waals surface area (Å²) >= 11 is 0. The van der Waals surface area contributed by atoms with Gasteiger partial charge in [0.25, 0.3) is 0 Å². The van der Waals surface area contributed by atoms with E-state index in [1.165, 1.54) is 6.07 Å². The summed E-state index contributed by atoms with van der Waals surface area (Å²) in [6, 6.07) is 8.52. The van der Waals surface area contributed by atoms with Crippen molar-refractivity contribution in [1.29, 1.82) is 0 Å². The van der Waals surface area contributed by atoms with Gasteiger partial charge in [-0.25, -0.2) is 4.39 Å². The highest BCUT2D eigenvalue weighted by atomic mass is 19.1. The predicted molar refractivity (Wildman–Crippen MR) is 69.6 cm³/mol. The van der Waals surface area contributed by atoms with E-state index in [0.29, 0.717) is 17.2 Å². The summed E-state index contributed by atoms with van der Waals surface area (Å²) in [7, 11) is 0. The quantitative estimate of drug-likeness (QED) is 0.874. The van der Waals surface area contributed by atoms with Crippen LogP contribution in [0.5, 0.6) is 0 Å². The molecule has 0 bridgehead atoms. The van der Waals surface area contributed by atoms with E-state index in [-0.39, 0.29) is 11.9 Å². The van der Waals surface area contributed by atoms with Crippen LogP contribution < -0.4 is 11.1 Å². The topological polar surface area (TPSA) is 63.8 Å². The molecule has 1 unspecified atom stereocenters. The van der Waals surface area contributed by atoms with Crippen LogP contribution in [0.1, 0.15) is 24.1 Å². The molecule has 0 aliphatic heterocycles. The third-order valence-electron chi connectivity index (χ3n) is 2.75. The van der Waals surface area contributed by atoms with Crippen LogP contribution in [0, 0.1) is 12.7 Å². The fourth-order valence-electron chi connectivity index (χ4n) is 1.60. The number of nitrogens with two attached hydrogens (primary N) is 1. The summed E-state index contributed by atoms with van der Waals surface area (Å²) in [6.45, 7) is 3.67. The van der Waals surface area contributed by atoms with Crippen LogP contribution in [0.3, 0.4) is 0 Å². The summed E-state index contributed by atoms with van der Waals surface area (Å²) < 4.78 is 13.5. The lowest BCUT2D eigenvalue weighted by atomic mass is 10.1. The first-order chi connectivity index (χ1) is 8.56. The van der Waals surface area contributed by atoms with Crippen LogP contribution in [-0.4, -0.2) is 10.2 Å². The number of halogens is 1. The molecule has 0 radical (unpaired) electrons. The smallest absolute Gasteiger partial charge is 0.149 e. The van der Waals surface area contributed by atoms with Crippen molar-refractivity contribution in [3.05, 3.63) is 47.3 Å². The Morgan fingerprint density at radius 1 is 1.22 bits per heavy atom. The minimum Gasteiger partial charge on any atom is -0.382 e. The molecule has 0 saturated heterocycles. The maximum atomic E-state index is 13.5. The fourth-order valence-corrected chi connectivity index (χ4v) is 1.60. The molecule has 1 aromatic heterocycles. The Morgan fingerprint density at radius 2 is 2.00 bits per heavy atom. The van der Waals surface area contributed by atoms with Crippen molar-refractivity contribution < 1.29 is 4.39 Å². The predicted octanol–water partition coefficient (Wildman–Crippen LogP) is 2.68. The van der Waals surface area contributed by atoms with Crippen LogP contribution in [-0.2, 0) is 0 Å². The number of nitrogens with zero attached hydrogens (tertiary/aromatic N) is 2. The zero-order chi connectivity index (χ0) is 13.1. The van der Waals surface area contributed by atoms with Gasteiger partial charge in [-0.1, -0.05) is 12.1 Å². The van der Waals surface area contributed by atoms with Crippen molar-refractivity contribution in [2.24, 2.45) is 0 Å². The molecule has 0 fully saturated rings. The maximum absolute atomic E-state index is 13.5. The van der Waals surface area contributed by atoms with E-state index in [9.17, 15) is 4.39 Å². The molecule has 0 saturated carbocycles. The fraction of sp³-hybridized carbons (Fsp3) is 0.231. The molecule has 1 aromatic carbocycles. The largest absolute Gasteiger partial charge is 0.382 e. The van der Waals surface area contributed by atoms with Gasteiger partial charge in [-0.15, -0.1) is 10.2 Å². The molecule has 1 heterocycles. The maximum Gasteiger partial charge on any atom is 0.149 e. The Hall–Kier alpha value is -2.17. The Morgan fingerprint density at radius 3 is 2.61 bits per heavy atom. The Kier molecular flexibility index (Phi) is 3.41. The highest BCUT2D eigenvalue weighted by Crippen LogP contribution is 2.19. The van der Waals surface area contributed by atoms with E-state index in [2.05, 4.69) is 15.5 Å². The lowest BCUT2D eigenvalue weighted by molar-refractivity contribution is 0.614. The number of aromatic nitrogens is 2. The van der Waals surface area contributed by atoms with Gasteiger partial charge in [0, 0.05) is 0 Å². The normalized spacial score (nSPS) is 12.2. The first-order valence-electron chi connectivity index (χ1n) is 5.68. The van der Waals surface area contributed by atoms with E-state index in [4.69, 9.17) is 5.73 Å². The Balaban J connectivity index is 2.13. The second-order valence-electron chi connectivity index (χ2n) is 4.22. The van der Waals surface area contributed by atoms with Crippen molar-refractivity contribution in [3.63, 3.8) is 0 Å². The number of hydrogen-bond acceptors (Lipinski definition) is 4. The third-order valence-corrected chi connectivity index (χ3v) is 2.75. The standard InChI is InChI=1S/C13H15FN4/c1-8-3-4-10(7-11(8)14)9(2)16-13-6-5-12(15)17-18-13/h3-7,9H,1-2H3,(H2,15,17)(H,16,18). The first kappa shape index (κ1) is 12.3. The molecule has 1 atom stereocenters. The lowest BCUT2D eigenvalue weighted by Crippen LogP contribution is -2.09. The van der Waals surface area contributed by atoms with E-state index in [0.717, 1.165) is 5.56 Å². The molecule has 0 spiro atoms. The molecule has 0 amide bonds. The van der Waals surface area contributed by atoms with Gasteiger partial charge in [0.1, 0.15) is 17.5 Å². The number of hydrogen-bond donors (Lipinski definition) is 2. The minimum atomic E-state index is -0.204. The van der Waals surface area contributed by atoms with Crippen molar-refractivity contribution in [1.82, 2.24) is 10.2 Å². The highest BCUT2D eigenvalue weighted by molar-refractivity contribution is 5.41.